The molecule has 1 aliphatic heterocycles. The number of hydrogen-bond donors (Lipinski definition) is 2. The van der Waals surface area contributed by atoms with E-state index in [2.05, 4.69) is 27.9 Å². The van der Waals surface area contributed by atoms with Gasteiger partial charge in [0.25, 0.3) is 0 Å². The summed E-state index contributed by atoms with van der Waals surface area (Å²) in [6.45, 7) is 2.56. The average Bonchev–Trinajstić information content (AvgIpc) is 2.96. The van der Waals surface area contributed by atoms with Gasteiger partial charge in [0, 0.05) is 18.0 Å². The summed E-state index contributed by atoms with van der Waals surface area (Å²) in [5, 5.41) is 13.5. The number of rotatable bonds is 2. The Kier molecular flexibility index (Phi) is 2.80. The second-order valence-electron chi connectivity index (χ2n) is 4.76. The lowest BCUT2D eigenvalue weighted by atomic mass is 9.99. The Morgan fingerprint density at radius 3 is 3.11 bits per heavy atom. The molecule has 0 radical (unpaired) electrons. The predicted octanol–water partition coefficient (Wildman–Crippen LogP) is 2.34. The maximum atomic E-state index is 10.9. The molecule has 2 N–H and O–H groups in total. The second-order valence-corrected chi connectivity index (χ2v) is 5.56. The zero-order chi connectivity index (χ0) is 12.7. The van der Waals surface area contributed by atoms with Crippen LogP contribution in [-0.4, -0.2) is 22.0 Å². The monoisotopic (exact) mass is 262 g/mol. The van der Waals surface area contributed by atoms with Gasteiger partial charge < -0.3 is 10.4 Å². The number of aryl methyl sites for hydroxylation is 1. The van der Waals surface area contributed by atoms with E-state index in [0.717, 1.165) is 11.3 Å². The van der Waals surface area contributed by atoms with Gasteiger partial charge in [0.1, 0.15) is 0 Å². The van der Waals surface area contributed by atoms with E-state index in [9.17, 15) is 4.79 Å². The third-order valence-corrected chi connectivity index (χ3v) is 4.46. The van der Waals surface area contributed by atoms with E-state index >= 15 is 0 Å². The van der Waals surface area contributed by atoms with Crippen molar-refractivity contribution in [3.8, 4) is 0 Å². The fraction of sp³-hybridized carbons (Fsp3) is 0.385. The van der Waals surface area contributed by atoms with Crippen molar-refractivity contribution in [1.29, 1.82) is 0 Å². The molecule has 2 aromatic rings. The minimum Gasteiger partial charge on any atom is -0.481 e. The van der Waals surface area contributed by atoms with E-state index < -0.39 is 5.97 Å². The van der Waals surface area contributed by atoms with Crippen molar-refractivity contribution in [3.05, 3.63) is 29.5 Å². The van der Waals surface area contributed by atoms with E-state index in [1.54, 1.807) is 0 Å². The molecule has 0 saturated carbocycles. The number of nitrogens with one attached hydrogen (secondary N) is 1. The molecule has 3 rings (SSSR count). The maximum Gasteiger partial charge on any atom is 0.307 e. The number of hydrogen-bond acceptors (Lipinski definition) is 4. The Bertz CT molecular complexity index is 608. The topological polar surface area (TPSA) is 62.2 Å². The molecular formula is C13H14N2O2S. The molecule has 18 heavy (non-hydrogen) atoms. The molecule has 0 aliphatic carbocycles. The summed E-state index contributed by atoms with van der Waals surface area (Å²) in [5.74, 6) is -0.978. The van der Waals surface area contributed by atoms with Crippen molar-refractivity contribution in [1.82, 2.24) is 9.69 Å². The van der Waals surface area contributed by atoms with Crippen LogP contribution in [0.1, 0.15) is 23.7 Å². The van der Waals surface area contributed by atoms with Gasteiger partial charge in [0.2, 0.25) is 0 Å². The van der Waals surface area contributed by atoms with E-state index in [4.69, 9.17) is 5.11 Å². The van der Waals surface area contributed by atoms with Crippen LogP contribution in [0.2, 0.25) is 0 Å². The molecule has 1 aromatic heterocycles. The maximum absolute atomic E-state index is 10.9. The Hall–Kier alpha value is -1.46. The van der Waals surface area contributed by atoms with Gasteiger partial charge in [-0.05, 0) is 36.5 Å². The van der Waals surface area contributed by atoms with Gasteiger partial charge in [-0.1, -0.05) is 12.1 Å². The molecule has 1 fully saturated rings. The van der Waals surface area contributed by atoms with Crippen molar-refractivity contribution in [2.45, 2.75) is 19.4 Å². The summed E-state index contributed by atoms with van der Waals surface area (Å²) in [5.41, 5.74) is 2.22. The number of fused-ring (bicyclic) bond motifs is 1. The van der Waals surface area contributed by atoms with Crippen molar-refractivity contribution in [3.63, 3.8) is 0 Å². The molecule has 5 heteroatoms. The largest absolute Gasteiger partial charge is 0.481 e. The number of carboxylic acids is 1. The van der Waals surface area contributed by atoms with Crippen LogP contribution in [0, 0.1) is 12.8 Å². The molecule has 1 aromatic carbocycles. The van der Waals surface area contributed by atoms with Crippen LogP contribution in [0.25, 0.3) is 10.1 Å². The Labute approximate surface area is 109 Å². The minimum absolute atomic E-state index is 0.151. The zero-order valence-corrected chi connectivity index (χ0v) is 10.8. The van der Waals surface area contributed by atoms with E-state index in [0.29, 0.717) is 13.0 Å². The number of carbonyl (C=O) groups is 1. The van der Waals surface area contributed by atoms with Crippen LogP contribution >= 0.6 is 11.5 Å². The van der Waals surface area contributed by atoms with Gasteiger partial charge in [0.05, 0.1) is 16.3 Å². The molecule has 0 amide bonds. The number of carboxylic acid groups (broad SMARTS) is 1. The lowest BCUT2D eigenvalue weighted by molar-refractivity contribution is -0.141. The van der Waals surface area contributed by atoms with Gasteiger partial charge in [-0.15, -0.1) is 0 Å². The molecule has 94 valence electrons. The van der Waals surface area contributed by atoms with Gasteiger partial charge in [-0.2, -0.15) is 4.37 Å². The number of aromatic nitrogens is 1. The SMILES string of the molecule is Cc1nsc2cc(C3CC(C(=O)O)CN3)ccc12. The zero-order valence-electron chi connectivity index (χ0n) is 10.0. The molecule has 1 saturated heterocycles. The van der Waals surface area contributed by atoms with Gasteiger partial charge in [-0.3, -0.25) is 4.79 Å². The first-order valence-corrected chi connectivity index (χ1v) is 6.74. The quantitative estimate of drug-likeness (QED) is 0.872. The smallest absolute Gasteiger partial charge is 0.307 e. The van der Waals surface area contributed by atoms with Gasteiger partial charge in [-0.25, -0.2) is 0 Å². The Morgan fingerprint density at radius 2 is 2.39 bits per heavy atom. The number of nitrogens with zero attached hydrogens (tertiary/aromatic N) is 1. The van der Waals surface area contributed by atoms with Crippen molar-refractivity contribution in [2.75, 3.05) is 6.54 Å². The predicted molar refractivity (Wildman–Crippen MR) is 70.8 cm³/mol. The molecule has 0 spiro atoms. The molecule has 2 unspecified atom stereocenters. The summed E-state index contributed by atoms with van der Waals surface area (Å²) in [4.78, 5) is 10.9. The minimum atomic E-state index is -0.709. The van der Waals surface area contributed by atoms with Gasteiger partial charge in [0.15, 0.2) is 0 Å². The van der Waals surface area contributed by atoms with E-state index in [1.165, 1.54) is 21.6 Å². The Morgan fingerprint density at radius 1 is 1.56 bits per heavy atom. The van der Waals surface area contributed by atoms with Gasteiger partial charge >= 0.3 is 5.97 Å². The van der Waals surface area contributed by atoms with Crippen LogP contribution in [0.15, 0.2) is 18.2 Å². The highest BCUT2D eigenvalue weighted by Gasteiger charge is 2.30. The normalized spacial score (nSPS) is 23.6. The summed E-state index contributed by atoms with van der Waals surface area (Å²) < 4.78 is 5.51. The molecular weight excluding hydrogens is 248 g/mol. The van der Waals surface area contributed by atoms with Crippen molar-refractivity contribution >= 4 is 27.6 Å². The molecule has 4 nitrogen and oxygen atoms in total. The van der Waals surface area contributed by atoms with Crippen LogP contribution in [-0.2, 0) is 4.79 Å². The third-order valence-electron chi connectivity index (χ3n) is 3.56. The molecule has 1 aliphatic rings. The fourth-order valence-electron chi connectivity index (χ4n) is 2.47. The van der Waals surface area contributed by atoms with Crippen molar-refractivity contribution in [2.24, 2.45) is 5.92 Å². The molecule has 0 bridgehead atoms. The molecule has 2 heterocycles. The summed E-state index contributed by atoms with van der Waals surface area (Å²) in [6.07, 6.45) is 0.665. The van der Waals surface area contributed by atoms with Crippen LogP contribution in [0.5, 0.6) is 0 Å². The summed E-state index contributed by atoms with van der Waals surface area (Å²) in [6, 6.07) is 6.44. The summed E-state index contributed by atoms with van der Waals surface area (Å²) in [7, 11) is 0. The fourth-order valence-corrected chi connectivity index (χ4v) is 3.31. The van der Waals surface area contributed by atoms with Crippen LogP contribution < -0.4 is 5.32 Å². The number of aliphatic carboxylic acids is 1. The third kappa shape index (κ3) is 1.89. The van der Waals surface area contributed by atoms with E-state index in [1.807, 2.05) is 6.92 Å². The Balaban J connectivity index is 1.89. The highest BCUT2D eigenvalue weighted by atomic mass is 32.1. The van der Waals surface area contributed by atoms with Crippen LogP contribution in [0.3, 0.4) is 0 Å². The summed E-state index contributed by atoms with van der Waals surface area (Å²) >= 11 is 1.50. The molecule has 2 atom stereocenters. The van der Waals surface area contributed by atoms with E-state index in [-0.39, 0.29) is 12.0 Å². The number of benzene rings is 1. The first-order chi connectivity index (χ1) is 8.65. The highest BCUT2D eigenvalue weighted by molar-refractivity contribution is 7.13. The first-order valence-electron chi connectivity index (χ1n) is 5.97. The lowest BCUT2D eigenvalue weighted by Gasteiger charge is -2.10. The average molecular weight is 262 g/mol. The van der Waals surface area contributed by atoms with Crippen molar-refractivity contribution < 1.29 is 9.90 Å². The lowest BCUT2D eigenvalue weighted by Crippen LogP contribution is -2.17. The second kappa shape index (κ2) is 4.33. The highest BCUT2D eigenvalue weighted by Crippen LogP contribution is 2.31. The first kappa shape index (κ1) is 11.6. The van der Waals surface area contributed by atoms with Crippen LogP contribution in [0.4, 0.5) is 0 Å². The standard InChI is InChI=1S/C13H14N2O2S/c1-7-10-3-2-8(5-12(10)18-15-7)11-4-9(6-14-11)13(16)17/h2-3,5,9,11,14H,4,6H2,1H3,(H,16,17).